The highest BCUT2D eigenvalue weighted by molar-refractivity contribution is 6.04. The summed E-state index contributed by atoms with van der Waals surface area (Å²) in [6.07, 6.45) is 10.7. The summed E-state index contributed by atoms with van der Waals surface area (Å²) in [5.41, 5.74) is 2.09. The molecule has 0 saturated carbocycles. The van der Waals surface area contributed by atoms with Gasteiger partial charge in [0.1, 0.15) is 5.69 Å². The summed E-state index contributed by atoms with van der Waals surface area (Å²) in [4.78, 5) is 30.2. The Hall–Kier alpha value is -3.56. The first-order valence-corrected chi connectivity index (χ1v) is 11.6. The van der Waals surface area contributed by atoms with E-state index in [0.29, 0.717) is 11.4 Å². The monoisotopic (exact) mass is 465 g/mol. The molecule has 9 heteroatoms. The number of aromatic nitrogens is 1. The zero-order chi connectivity index (χ0) is 23.9. The Kier molecular flexibility index (Phi) is 7.66. The van der Waals surface area contributed by atoms with Gasteiger partial charge in [-0.05, 0) is 61.2 Å². The number of nitrogens with one attached hydrogen (secondary N) is 4. The number of benzene rings is 1. The molecule has 2 aliphatic rings. The quantitative estimate of drug-likeness (QED) is 0.349. The second-order valence-corrected chi connectivity index (χ2v) is 8.52. The lowest BCUT2D eigenvalue weighted by atomic mass is 10.1. The SMILES string of the molecule is O=C(Nc1cc(C2C=CC=C(NC(CO)CO)N2)c[nH]c1=O)c1ccc(N2CCCCC2)cc1. The van der Waals surface area contributed by atoms with Gasteiger partial charge in [0.05, 0.1) is 31.1 Å². The number of aliphatic hydroxyl groups excluding tert-OH is 2. The van der Waals surface area contributed by atoms with Crippen molar-refractivity contribution in [1.29, 1.82) is 0 Å². The first kappa shape index (κ1) is 23.6. The predicted octanol–water partition coefficient (Wildman–Crippen LogP) is 1.60. The van der Waals surface area contributed by atoms with Crippen LogP contribution in [0.1, 0.15) is 41.2 Å². The molecule has 1 amide bonds. The van der Waals surface area contributed by atoms with Crippen molar-refractivity contribution in [3.8, 4) is 0 Å². The van der Waals surface area contributed by atoms with E-state index in [1.54, 1.807) is 30.5 Å². The Morgan fingerprint density at radius 3 is 2.56 bits per heavy atom. The van der Waals surface area contributed by atoms with Gasteiger partial charge in [-0.15, -0.1) is 0 Å². The molecule has 0 aliphatic carbocycles. The van der Waals surface area contributed by atoms with E-state index < -0.39 is 11.6 Å². The number of aromatic amines is 1. The van der Waals surface area contributed by atoms with Gasteiger partial charge >= 0.3 is 0 Å². The minimum absolute atomic E-state index is 0.158. The van der Waals surface area contributed by atoms with Crippen molar-refractivity contribution in [3.05, 3.63) is 82.1 Å². The molecule has 1 atom stereocenters. The number of carbonyl (C=O) groups excluding carboxylic acids is 1. The van der Waals surface area contributed by atoms with Gasteiger partial charge < -0.3 is 36.0 Å². The van der Waals surface area contributed by atoms with Crippen molar-refractivity contribution in [1.82, 2.24) is 15.6 Å². The molecule has 1 saturated heterocycles. The number of anilines is 2. The molecule has 4 rings (SSSR count). The van der Waals surface area contributed by atoms with Crippen LogP contribution in [0, 0.1) is 0 Å². The minimum atomic E-state index is -0.488. The molecule has 3 heterocycles. The maximum Gasteiger partial charge on any atom is 0.271 e. The van der Waals surface area contributed by atoms with Crippen molar-refractivity contribution in [2.75, 3.05) is 36.5 Å². The average molecular weight is 466 g/mol. The average Bonchev–Trinajstić information content (AvgIpc) is 2.89. The van der Waals surface area contributed by atoms with Gasteiger partial charge in [-0.3, -0.25) is 9.59 Å². The number of rotatable bonds is 8. The smallest absolute Gasteiger partial charge is 0.271 e. The number of aliphatic hydroxyl groups is 2. The maximum absolute atomic E-state index is 12.8. The van der Waals surface area contributed by atoms with Crippen molar-refractivity contribution in [2.24, 2.45) is 0 Å². The van der Waals surface area contributed by atoms with E-state index in [2.05, 4.69) is 25.8 Å². The Morgan fingerprint density at radius 2 is 1.85 bits per heavy atom. The highest BCUT2D eigenvalue weighted by atomic mass is 16.3. The molecule has 1 aromatic heterocycles. The topological polar surface area (TPSA) is 130 Å². The normalized spacial score (nSPS) is 17.8. The fourth-order valence-electron chi connectivity index (χ4n) is 4.12. The van der Waals surface area contributed by atoms with Gasteiger partial charge in [0.25, 0.3) is 11.5 Å². The fraction of sp³-hybridized carbons (Fsp3) is 0.360. The highest BCUT2D eigenvalue weighted by Gasteiger charge is 2.18. The van der Waals surface area contributed by atoms with Crippen LogP contribution in [0.2, 0.25) is 0 Å². The van der Waals surface area contributed by atoms with E-state index in [1.165, 1.54) is 19.3 Å². The molecule has 34 heavy (non-hydrogen) atoms. The van der Waals surface area contributed by atoms with Crippen LogP contribution in [0.4, 0.5) is 11.4 Å². The first-order valence-electron chi connectivity index (χ1n) is 11.6. The van der Waals surface area contributed by atoms with Crippen LogP contribution in [-0.2, 0) is 0 Å². The number of nitrogens with zero attached hydrogens (tertiary/aromatic N) is 1. The third-order valence-corrected chi connectivity index (χ3v) is 6.06. The molecule has 2 aromatic rings. The lowest BCUT2D eigenvalue weighted by Gasteiger charge is -2.28. The Balaban J connectivity index is 1.43. The molecular weight excluding hydrogens is 434 g/mol. The summed E-state index contributed by atoms with van der Waals surface area (Å²) in [7, 11) is 0. The number of H-pyrrole nitrogens is 1. The van der Waals surface area contributed by atoms with Gasteiger partial charge in [-0.2, -0.15) is 0 Å². The Bertz CT molecular complexity index is 1100. The lowest BCUT2D eigenvalue weighted by Crippen LogP contribution is -2.41. The third-order valence-electron chi connectivity index (χ3n) is 6.06. The number of piperidine rings is 1. The van der Waals surface area contributed by atoms with Gasteiger partial charge in [0.2, 0.25) is 0 Å². The van der Waals surface area contributed by atoms with E-state index in [9.17, 15) is 19.8 Å². The highest BCUT2D eigenvalue weighted by Crippen LogP contribution is 2.22. The predicted molar refractivity (Wildman–Crippen MR) is 132 cm³/mol. The van der Waals surface area contributed by atoms with Crippen LogP contribution in [0.3, 0.4) is 0 Å². The molecule has 180 valence electrons. The molecule has 6 N–H and O–H groups in total. The number of hydrogen-bond donors (Lipinski definition) is 6. The molecule has 0 spiro atoms. The van der Waals surface area contributed by atoms with Gasteiger partial charge in [0.15, 0.2) is 0 Å². The van der Waals surface area contributed by atoms with E-state index in [-0.39, 0.29) is 30.9 Å². The molecule has 1 aromatic carbocycles. The van der Waals surface area contributed by atoms with Crippen molar-refractivity contribution < 1.29 is 15.0 Å². The summed E-state index contributed by atoms with van der Waals surface area (Å²) in [6, 6.07) is 8.34. The van der Waals surface area contributed by atoms with E-state index in [1.807, 2.05) is 24.3 Å². The maximum atomic E-state index is 12.8. The third kappa shape index (κ3) is 5.67. The van der Waals surface area contributed by atoms with E-state index in [0.717, 1.165) is 24.3 Å². The summed E-state index contributed by atoms with van der Waals surface area (Å²) >= 11 is 0. The molecule has 1 fully saturated rings. The molecular formula is C25H31N5O4. The zero-order valence-corrected chi connectivity index (χ0v) is 19.0. The zero-order valence-electron chi connectivity index (χ0n) is 19.0. The second-order valence-electron chi connectivity index (χ2n) is 8.52. The first-order chi connectivity index (χ1) is 16.6. The summed E-state index contributed by atoms with van der Waals surface area (Å²) in [5.74, 6) is 0.280. The van der Waals surface area contributed by atoms with E-state index >= 15 is 0 Å². The lowest BCUT2D eigenvalue weighted by molar-refractivity contribution is 0.102. The number of carbonyl (C=O) groups is 1. The van der Waals surface area contributed by atoms with E-state index in [4.69, 9.17) is 0 Å². The fourth-order valence-corrected chi connectivity index (χ4v) is 4.12. The van der Waals surface area contributed by atoms with Crippen LogP contribution in [-0.4, -0.2) is 53.4 Å². The standard InChI is InChI=1S/C25H31N5O4/c31-15-19(16-32)27-23-6-4-5-21(28-23)18-13-22(25(34)26-14-18)29-24(33)17-7-9-20(10-8-17)30-11-2-1-3-12-30/h4-10,13-14,19,21,27-28,31-32H,1-3,11-12,15-16H2,(H,26,34)(H,29,33). The second kappa shape index (κ2) is 11.0. The van der Waals surface area contributed by atoms with Crippen molar-refractivity contribution in [3.63, 3.8) is 0 Å². The number of dihydropyridines is 1. The Labute approximate surface area is 198 Å². The largest absolute Gasteiger partial charge is 0.394 e. The van der Waals surface area contributed by atoms with Gasteiger partial charge in [-0.1, -0.05) is 12.2 Å². The van der Waals surface area contributed by atoms with Gasteiger partial charge in [0, 0.05) is 30.5 Å². The molecule has 0 radical (unpaired) electrons. The van der Waals surface area contributed by atoms with Crippen LogP contribution in [0.15, 0.2) is 65.4 Å². The van der Waals surface area contributed by atoms with Crippen LogP contribution < -0.4 is 26.4 Å². The summed E-state index contributed by atoms with van der Waals surface area (Å²) in [5, 5.41) is 27.6. The number of allylic oxidation sites excluding steroid dienone is 2. The number of pyridine rings is 1. The summed E-state index contributed by atoms with van der Waals surface area (Å²) in [6.45, 7) is 1.64. The van der Waals surface area contributed by atoms with Gasteiger partial charge in [-0.25, -0.2) is 0 Å². The molecule has 2 aliphatic heterocycles. The number of hydrogen-bond acceptors (Lipinski definition) is 7. The molecule has 1 unspecified atom stereocenters. The Morgan fingerprint density at radius 1 is 1.12 bits per heavy atom. The number of amides is 1. The van der Waals surface area contributed by atoms with Crippen LogP contribution in [0.25, 0.3) is 0 Å². The van der Waals surface area contributed by atoms with Crippen LogP contribution in [0.5, 0.6) is 0 Å². The van der Waals surface area contributed by atoms with Crippen molar-refractivity contribution in [2.45, 2.75) is 31.3 Å². The molecule has 0 bridgehead atoms. The van der Waals surface area contributed by atoms with Crippen LogP contribution >= 0.6 is 0 Å². The minimum Gasteiger partial charge on any atom is -0.394 e. The van der Waals surface area contributed by atoms with Crippen molar-refractivity contribution >= 4 is 17.3 Å². The molecule has 9 nitrogen and oxygen atoms in total. The summed E-state index contributed by atoms with van der Waals surface area (Å²) < 4.78 is 0.